The molecule has 0 aromatic heterocycles. The van der Waals surface area contributed by atoms with E-state index in [2.05, 4.69) is 6.26 Å². The number of carbonyl (C=O) groups is 1. The predicted octanol–water partition coefficient (Wildman–Crippen LogP) is 0.970. The summed E-state index contributed by atoms with van der Waals surface area (Å²) >= 11 is 1.80. The van der Waals surface area contributed by atoms with Gasteiger partial charge in [-0.05, 0) is 12.7 Å². The first-order valence-electron chi connectivity index (χ1n) is 3.51. The molecule has 1 rings (SSSR count). The van der Waals surface area contributed by atoms with Gasteiger partial charge in [0, 0.05) is 25.3 Å². The number of hydrogen-bond acceptors (Lipinski definition) is 2. The highest BCUT2D eigenvalue weighted by molar-refractivity contribution is 7.99. The van der Waals surface area contributed by atoms with E-state index >= 15 is 0 Å². The van der Waals surface area contributed by atoms with E-state index in [4.69, 9.17) is 0 Å². The Balaban J connectivity index is 2.41. The van der Waals surface area contributed by atoms with Gasteiger partial charge in [0.2, 0.25) is 5.91 Å². The molecule has 0 radical (unpaired) electrons. The van der Waals surface area contributed by atoms with Crippen LogP contribution in [0.2, 0.25) is 0 Å². The minimum Gasteiger partial charge on any atom is -0.346 e. The maximum absolute atomic E-state index is 11.1. The molecule has 58 valence electrons. The zero-order chi connectivity index (χ0) is 7.56. The van der Waals surface area contributed by atoms with E-state index < -0.39 is 0 Å². The van der Waals surface area contributed by atoms with Gasteiger partial charge in [-0.15, -0.1) is 0 Å². The monoisotopic (exact) mass is 159 g/mol. The van der Waals surface area contributed by atoms with Crippen LogP contribution in [-0.4, -0.2) is 35.9 Å². The summed E-state index contributed by atoms with van der Waals surface area (Å²) in [6, 6.07) is 0. The molecule has 0 spiro atoms. The van der Waals surface area contributed by atoms with Gasteiger partial charge in [0.25, 0.3) is 0 Å². The average Bonchev–Trinajstić information content (AvgIpc) is 1.95. The Kier molecular flexibility index (Phi) is 2.60. The Morgan fingerprint density at radius 1 is 1.70 bits per heavy atom. The molecule has 0 aliphatic carbocycles. The molecular formula is C7H13NOS. The van der Waals surface area contributed by atoms with Crippen molar-refractivity contribution >= 4 is 17.7 Å². The number of amides is 1. The number of hydrogen-bond donors (Lipinski definition) is 0. The minimum atomic E-state index is 0.297. The fraction of sp³-hybridized carbons (Fsp3) is 0.857. The molecule has 0 unspecified atom stereocenters. The highest BCUT2D eigenvalue weighted by atomic mass is 32.2. The van der Waals surface area contributed by atoms with E-state index in [1.807, 2.05) is 11.9 Å². The molecule has 10 heavy (non-hydrogen) atoms. The van der Waals surface area contributed by atoms with E-state index in [1.54, 1.807) is 11.8 Å². The molecule has 1 aliphatic heterocycles. The smallest absolute Gasteiger partial charge is 0.223 e. The van der Waals surface area contributed by atoms with Gasteiger partial charge >= 0.3 is 0 Å². The van der Waals surface area contributed by atoms with Crippen LogP contribution in [0, 0.1) is 0 Å². The first kappa shape index (κ1) is 7.92. The Morgan fingerprint density at radius 2 is 2.40 bits per heavy atom. The van der Waals surface area contributed by atoms with Crippen LogP contribution in [0.25, 0.3) is 0 Å². The molecule has 1 aliphatic rings. The third kappa shape index (κ3) is 1.66. The largest absolute Gasteiger partial charge is 0.346 e. The summed E-state index contributed by atoms with van der Waals surface area (Å²) in [7, 11) is 1.87. The molecule has 1 atom stereocenters. The second kappa shape index (κ2) is 3.28. The van der Waals surface area contributed by atoms with Crippen molar-refractivity contribution < 1.29 is 4.79 Å². The summed E-state index contributed by atoms with van der Waals surface area (Å²) in [5.41, 5.74) is 0. The molecule has 1 saturated heterocycles. The highest BCUT2D eigenvalue weighted by Gasteiger charge is 2.21. The second-order valence-corrected chi connectivity index (χ2v) is 3.80. The van der Waals surface area contributed by atoms with Crippen LogP contribution in [0.1, 0.15) is 12.8 Å². The fourth-order valence-electron chi connectivity index (χ4n) is 1.12. The number of nitrogens with zero attached hydrogens (tertiary/aromatic N) is 1. The SMILES string of the molecule is CS[C@H]1CCN(C)C(=O)C1. The van der Waals surface area contributed by atoms with E-state index in [-0.39, 0.29) is 0 Å². The molecule has 0 N–H and O–H groups in total. The van der Waals surface area contributed by atoms with Crippen molar-refractivity contribution in [3.63, 3.8) is 0 Å². The molecule has 1 heterocycles. The summed E-state index contributed by atoms with van der Waals surface area (Å²) < 4.78 is 0. The van der Waals surface area contributed by atoms with Crippen LogP contribution in [-0.2, 0) is 4.79 Å². The molecule has 3 heteroatoms. The standard InChI is InChI=1S/C7H13NOS/c1-8-4-3-6(10-2)5-7(8)9/h6H,3-5H2,1-2H3/t6-/m0/s1. The van der Waals surface area contributed by atoms with Crippen molar-refractivity contribution in [1.29, 1.82) is 0 Å². The molecule has 2 nitrogen and oxygen atoms in total. The molecule has 1 amide bonds. The lowest BCUT2D eigenvalue weighted by Crippen LogP contribution is -2.36. The summed E-state index contributed by atoms with van der Waals surface area (Å²) in [6.07, 6.45) is 3.96. The summed E-state index contributed by atoms with van der Waals surface area (Å²) in [5, 5.41) is 0.573. The summed E-state index contributed by atoms with van der Waals surface area (Å²) in [5.74, 6) is 0.297. The zero-order valence-corrected chi connectivity index (χ0v) is 7.28. The Morgan fingerprint density at radius 3 is 2.90 bits per heavy atom. The van der Waals surface area contributed by atoms with Gasteiger partial charge in [0.15, 0.2) is 0 Å². The van der Waals surface area contributed by atoms with Gasteiger partial charge in [-0.1, -0.05) is 0 Å². The second-order valence-electron chi connectivity index (χ2n) is 2.67. The fourth-order valence-corrected chi connectivity index (χ4v) is 1.77. The summed E-state index contributed by atoms with van der Waals surface area (Å²) in [6.45, 7) is 0.935. The molecular weight excluding hydrogens is 146 g/mol. The van der Waals surface area contributed by atoms with E-state index in [1.165, 1.54) is 0 Å². The third-order valence-corrected chi connectivity index (χ3v) is 3.02. The lowest BCUT2D eigenvalue weighted by Gasteiger charge is -2.27. The average molecular weight is 159 g/mol. The van der Waals surface area contributed by atoms with Crippen LogP contribution in [0.15, 0.2) is 0 Å². The topological polar surface area (TPSA) is 20.3 Å². The van der Waals surface area contributed by atoms with Gasteiger partial charge in [0.1, 0.15) is 0 Å². The number of thioether (sulfide) groups is 1. The van der Waals surface area contributed by atoms with Crippen LogP contribution in [0.4, 0.5) is 0 Å². The Labute approximate surface area is 66.0 Å². The van der Waals surface area contributed by atoms with Crippen molar-refractivity contribution in [1.82, 2.24) is 4.90 Å². The molecule has 0 bridgehead atoms. The normalized spacial score (nSPS) is 27.2. The lowest BCUT2D eigenvalue weighted by molar-refractivity contribution is -0.131. The Bertz CT molecular complexity index is 138. The number of carbonyl (C=O) groups excluding carboxylic acids is 1. The van der Waals surface area contributed by atoms with Crippen molar-refractivity contribution in [2.24, 2.45) is 0 Å². The number of likely N-dealkylation sites (tertiary alicyclic amines) is 1. The van der Waals surface area contributed by atoms with E-state index in [9.17, 15) is 4.79 Å². The lowest BCUT2D eigenvalue weighted by atomic mass is 10.1. The zero-order valence-electron chi connectivity index (χ0n) is 6.46. The summed E-state index contributed by atoms with van der Waals surface area (Å²) in [4.78, 5) is 12.9. The van der Waals surface area contributed by atoms with Gasteiger partial charge in [-0.2, -0.15) is 11.8 Å². The van der Waals surface area contributed by atoms with Gasteiger partial charge < -0.3 is 4.90 Å². The van der Waals surface area contributed by atoms with Crippen LogP contribution >= 0.6 is 11.8 Å². The van der Waals surface area contributed by atoms with Crippen LogP contribution in [0.5, 0.6) is 0 Å². The maximum Gasteiger partial charge on any atom is 0.223 e. The number of piperidine rings is 1. The van der Waals surface area contributed by atoms with Gasteiger partial charge in [0.05, 0.1) is 0 Å². The highest BCUT2D eigenvalue weighted by Crippen LogP contribution is 2.20. The minimum absolute atomic E-state index is 0.297. The Hall–Kier alpha value is -0.180. The van der Waals surface area contributed by atoms with Gasteiger partial charge in [-0.3, -0.25) is 4.79 Å². The van der Waals surface area contributed by atoms with Crippen molar-refractivity contribution in [3.8, 4) is 0 Å². The quantitative estimate of drug-likeness (QED) is 0.568. The van der Waals surface area contributed by atoms with Gasteiger partial charge in [-0.25, -0.2) is 0 Å². The first-order chi connectivity index (χ1) is 4.74. The predicted molar refractivity (Wildman–Crippen MR) is 44.2 cm³/mol. The van der Waals surface area contributed by atoms with Crippen molar-refractivity contribution in [2.75, 3.05) is 19.8 Å². The first-order valence-corrected chi connectivity index (χ1v) is 4.79. The number of rotatable bonds is 1. The van der Waals surface area contributed by atoms with Crippen LogP contribution in [0.3, 0.4) is 0 Å². The van der Waals surface area contributed by atoms with E-state index in [0.29, 0.717) is 11.2 Å². The third-order valence-electron chi connectivity index (χ3n) is 1.95. The van der Waals surface area contributed by atoms with Crippen LogP contribution < -0.4 is 0 Å². The van der Waals surface area contributed by atoms with Crippen molar-refractivity contribution in [2.45, 2.75) is 18.1 Å². The molecule has 0 aromatic rings. The molecule has 0 aromatic carbocycles. The molecule has 1 fully saturated rings. The van der Waals surface area contributed by atoms with Crippen molar-refractivity contribution in [3.05, 3.63) is 0 Å². The van der Waals surface area contributed by atoms with E-state index in [0.717, 1.165) is 19.4 Å². The maximum atomic E-state index is 11.1. The molecule has 0 saturated carbocycles.